The van der Waals surface area contributed by atoms with E-state index in [1.165, 1.54) is 11.3 Å². The Hall–Kier alpha value is -2.81. The number of amides is 2. The Bertz CT molecular complexity index is 968. The van der Waals surface area contributed by atoms with Gasteiger partial charge in [-0.25, -0.2) is 4.98 Å². The fraction of sp³-hybridized carbons (Fsp3) is 0.389. The largest absolute Gasteiger partial charge is 0.332 e. The van der Waals surface area contributed by atoms with Gasteiger partial charge in [0.1, 0.15) is 11.3 Å². The minimum Gasteiger partial charge on any atom is -0.332 e. The summed E-state index contributed by atoms with van der Waals surface area (Å²) in [6, 6.07) is 7.93. The van der Waals surface area contributed by atoms with Gasteiger partial charge in [0, 0.05) is 26.4 Å². The van der Waals surface area contributed by atoms with E-state index in [1.807, 2.05) is 36.2 Å². The van der Waals surface area contributed by atoms with Gasteiger partial charge in [-0.2, -0.15) is 0 Å². The Morgan fingerprint density at radius 3 is 2.93 bits per heavy atom. The van der Waals surface area contributed by atoms with Crippen LogP contribution in [0.4, 0.5) is 5.13 Å². The van der Waals surface area contributed by atoms with Crippen LogP contribution >= 0.6 is 11.3 Å². The van der Waals surface area contributed by atoms with Crippen LogP contribution in [0, 0.1) is 0 Å². The van der Waals surface area contributed by atoms with Crippen LogP contribution in [0.3, 0.4) is 0 Å². The molecule has 1 aromatic carbocycles. The molecular weight excluding hydrogens is 364 g/mol. The number of likely N-dealkylation sites (tertiary alicyclic amines) is 1. The Balaban J connectivity index is 1.43. The molecule has 3 heterocycles. The average molecular weight is 384 g/mol. The summed E-state index contributed by atoms with van der Waals surface area (Å²) in [7, 11) is 1.99. The number of nitrogens with one attached hydrogen (secondary N) is 1. The van der Waals surface area contributed by atoms with Gasteiger partial charge in [0.15, 0.2) is 0 Å². The van der Waals surface area contributed by atoms with Crippen molar-refractivity contribution < 1.29 is 9.59 Å². The van der Waals surface area contributed by atoms with Crippen LogP contribution in [0.2, 0.25) is 0 Å². The van der Waals surface area contributed by atoms with Crippen LogP contribution in [0.15, 0.2) is 29.8 Å². The Morgan fingerprint density at radius 2 is 2.15 bits per heavy atom. The molecule has 0 spiro atoms. The molecule has 27 heavy (non-hydrogen) atoms. The van der Waals surface area contributed by atoms with Crippen molar-refractivity contribution >= 4 is 39.3 Å². The van der Waals surface area contributed by atoms with E-state index in [2.05, 4.69) is 20.1 Å². The van der Waals surface area contributed by atoms with Crippen LogP contribution in [0.25, 0.3) is 11.0 Å². The molecule has 1 N–H and O–H groups in total. The quantitative estimate of drug-likeness (QED) is 0.730. The fourth-order valence-corrected chi connectivity index (χ4v) is 4.03. The Morgan fingerprint density at radius 1 is 1.30 bits per heavy atom. The van der Waals surface area contributed by atoms with Gasteiger partial charge in [0.05, 0.1) is 17.1 Å². The maximum absolute atomic E-state index is 12.7. The lowest BCUT2D eigenvalue weighted by Crippen LogP contribution is -2.32. The van der Waals surface area contributed by atoms with Crippen LogP contribution in [-0.4, -0.2) is 43.0 Å². The zero-order valence-electron chi connectivity index (χ0n) is 15.0. The van der Waals surface area contributed by atoms with E-state index in [9.17, 15) is 9.59 Å². The molecule has 2 aromatic heterocycles. The molecule has 3 aromatic rings. The predicted octanol–water partition coefficient (Wildman–Crippen LogP) is 2.51. The number of carbonyl (C=O) groups is 2. The maximum Gasteiger partial charge on any atom is 0.226 e. The summed E-state index contributed by atoms with van der Waals surface area (Å²) in [6.07, 6.45) is 2.13. The zero-order chi connectivity index (χ0) is 18.8. The van der Waals surface area contributed by atoms with Crippen LogP contribution in [-0.2, 0) is 16.6 Å². The molecule has 1 fully saturated rings. The molecule has 9 heteroatoms. The van der Waals surface area contributed by atoms with Crippen molar-refractivity contribution in [2.75, 3.05) is 11.9 Å². The highest BCUT2D eigenvalue weighted by Crippen LogP contribution is 2.33. The molecule has 1 saturated heterocycles. The minimum atomic E-state index is -0.224. The van der Waals surface area contributed by atoms with Crippen molar-refractivity contribution in [2.24, 2.45) is 7.05 Å². The molecule has 0 radical (unpaired) electrons. The van der Waals surface area contributed by atoms with Gasteiger partial charge in [0.25, 0.3) is 0 Å². The van der Waals surface area contributed by atoms with E-state index in [0.717, 1.165) is 29.7 Å². The third-order valence-electron chi connectivity index (χ3n) is 4.87. The number of imidazole rings is 1. The Labute approximate surface area is 160 Å². The molecule has 4 rings (SSSR count). The second kappa shape index (κ2) is 7.43. The van der Waals surface area contributed by atoms with Crippen molar-refractivity contribution in [1.29, 1.82) is 0 Å². The molecular formula is C18H20N6O2S. The summed E-state index contributed by atoms with van der Waals surface area (Å²) in [5.41, 5.74) is 3.54. The van der Waals surface area contributed by atoms with E-state index in [4.69, 9.17) is 4.98 Å². The summed E-state index contributed by atoms with van der Waals surface area (Å²) in [4.78, 5) is 31.3. The summed E-state index contributed by atoms with van der Waals surface area (Å²) in [5, 5.41) is 10.6. The van der Waals surface area contributed by atoms with Crippen LogP contribution < -0.4 is 5.32 Å². The predicted molar refractivity (Wildman–Crippen MR) is 102 cm³/mol. The first-order valence-corrected chi connectivity index (χ1v) is 9.78. The van der Waals surface area contributed by atoms with Gasteiger partial charge in [-0.05, 0) is 25.0 Å². The number of nitrogens with zero attached hydrogens (tertiary/aromatic N) is 5. The molecule has 1 atom stereocenters. The van der Waals surface area contributed by atoms with Crippen molar-refractivity contribution in [3.63, 3.8) is 0 Å². The van der Waals surface area contributed by atoms with Gasteiger partial charge < -0.3 is 14.8 Å². The highest BCUT2D eigenvalue weighted by Gasteiger charge is 2.33. The molecule has 0 aliphatic carbocycles. The number of anilines is 1. The SMILES string of the molecule is Cn1c(C2CCCN2C(=O)CCC(=O)Nc2nncs2)nc2ccccc21. The number of aromatic nitrogens is 4. The van der Waals surface area contributed by atoms with Crippen molar-refractivity contribution in [3.8, 4) is 0 Å². The van der Waals surface area contributed by atoms with Gasteiger partial charge in [-0.15, -0.1) is 10.2 Å². The molecule has 140 valence electrons. The van der Waals surface area contributed by atoms with Crippen molar-refractivity contribution in [2.45, 2.75) is 31.7 Å². The highest BCUT2D eigenvalue weighted by molar-refractivity contribution is 7.13. The van der Waals surface area contributed by atoms with Crippen molar-refractivity contribution in [1.82, 2.24) is 24.6 Å². The molecule has 1 aliphatic heterocycles. The summed E-state index contributed by atoms with van der Waals surface area (Å²) in [6.45, 7) is 0.699. The van der Waals surface area contributed by atoms with Gasteiger partial charge in [0.2, 0.25) is 16.9 Å². The van der Waals surface area contributed by atoms with Crippen LogP contribution in [0.5, 0.6) is 0 Å². The topological polar surface area (TPSA) is 93.0 Å². The first kappa shape index (κ1) is 17.6. The third-order valence-corrected chi connectivity index (χ3v) is 5.47. The number of hydrogen-bond donors (Lipinski definition) is 1. The maximum atomic E-state index is 12.7. The first-order chi connectivity index (χ1) is 13.1. The van der Waals surface area contributed by atoms with Gasteiger partial charge in [-0.3, -0.25) is 9.59 Å². The van der Waals surface area contributed by atoms with Gasteiger partial charge >= 0.3 is 0 Å². The standard InChI is InChI=1S/C18H20N6O2S/c1-23-13-6-3-2-5-12(13)20-17(23)14-7-4-10-24(14)16(26)9-8-15(25)21-18-22-19-11-27-18/h2-3,5-6,11,14H,4,7-10H2,1H3,(H,21,22,25). The summed E-state index contributed by atoms with van der Waals surface area (Å²) in [5.74, 6) is 0.663. The number of benzene rings is 1. The lowest BCUT2D eigenvalue weighted by Gasteiger charge is -2.24. The summed E-state index contributed by atoms with van der Waals surface area (Å²) < 4.78 is 2.06. The van der Waals surface area contributed by atoms with E-state index in [1.54, 1.807) is 5.51 Å². The normalized spacial score (nSPS) is 16.8. The molecule has 0 bridgehead atoms. The van der Waals surface area contributed by atoms with E-state index >= 15 is 0 Å². The second-order valence-electron chi connectivity index (χ2n) is 6.55. The van der Waals surface area contributed by atoms with E-state index < -0.39 is 0 Å². The second-order valence-corrected chi connectivity index (χ2v) is 7.39. The number of para-hydroxylation sites is 2. The number of fused-ring (bicyclic) bond motifs is 1. The molecule has 2 amide bonds. The smallest absolute Gasteiger partial charge is 0.226 e. The zero-order valence-corrected chi connectivity index (χ0v) is 15.8. The number of carbonyl (C=O) groups excluding carboxylic acids is 2. The Kier molecular flexibility index (Phi) is 4.85. The lowest BCUT2D eigenvalue weighted by molar-refractivity contribution is -0.133. The highest BCUT2D eigenvalue weighted by atomic mass is 32.1. The molecule has 0 saturated carbocycles. The average Bonchev–Trinajstić information content (AvgIpc) is 3.40. The van der Waals surface area contributed by atoms with E-state index in [-0.39, 0.29) is 30.7 Å². The first-order valence-electron chi connectivity index (χ1n) is 8.90. The lowest BCUT2D eigenvalue weighted by atomic mass is 10.2. The number of rotatable bonds is 5. The molecule has 8 nitrogen and oxygen atoms in total. The minimum absolute atomic E-state index is 0.0167. The molecule has 1 aliphatic rings. The van der Waals surface area contributed by atoms with Crippen LogP contribution in [0.1, 0.15) is 37.5 Å². The number of hydrogen-bond acceptors (Lipinski definition) is 6. The summed E-state index contributed by atoms with van der Waals surface area (Å²) >= 11 is 1.25. The van der Waals surface area contributed by atoms with E-state index in [0.29, 0.717) is 11.7 Å². The van der Waals surface area contributed by atoms with Crippen molar-refractivity contribution in [3.05, 3.63) is 35.6 Å². The fourth-order valence-electron chi connectivity index (χ4n) is 3.57. The molecule has 1 unspecified atom stereocenters. The number of aryl methyl sites for hydroxylation is 1. The van der Waals surface area contributed by atoms with Gasteiger partial charge in [-0.1, -0.05) is 23.5 Å². The third kappa shape index (κ3) is 3.55. The monoisotopic (exact) mass is 384 g/mol.